The molecule has 1 unspecified atom stereocenters. The molecule has 0 amide bonds. The molecule has 0 radical (unpaired) electrons. The lowest BCUT2D eigenvalue weighted by atomic mass is 9.78. The Labute approximate surface area is 150 Å². The fourth-order valence-corrected chi connectivity index (χ4v) is 4.33. The Bertz CT molecular complexity index is 1150. The lowest BCUT2D eigenvalue weighted by Gasteiger charge is -2.27. The molecule has 1 aromatic carbocycles. The molecule has 1 aliphatic rings. The third kappa shape index (κ3) is 2.02. The molecule has 1 aliphatic carbocycles. The van der Waals surface area contributed by atoms with Gasteiger partial charge < -0.3 is 9.55 Å². The predicted molar refractivity (Wildman–Crippen MR) is 99.2 cm³/mol. The van der Waals surface area contributed by atoms with Crippen molar-refractivity contribution in [2.24, 2.45) is 0 Å². The molecule has 1 N–H and O–H groups in total. The second kappa shape index (κ2) is 5.42. The number of rotatable bonds is 4. The van der Waals surface area contributed by atoms with Gasteiger partial charge in [-0.2, -0.15) is 0 Å². The molecule has 0 bridgehead atoms. The Morgan fingerprint density at radius 3 is 2.92 bits per heavy atom. The molecule has 5 rings (SSSR count). The van der Waals surface area contributed by atoms with Crippen molar-refractivity contribution in [2.75, 3.05) is 0 Å². The summed E-state index contributed by atoms with van der Waals surface area (Å²) >= 11 is 0. The standard InChI is InChI=1S/C20H19N5O/c1-20(7-4-10-24-11-8-21-13-24)15-6-3-2-5-14(15)16-17(20)25-12-9-22-18(25)19(26)23-16/h2-3,5-6,8-9,11-13H,4,7,10H2,1H3,(H,23,26). The summed E-state index contributed by atoms with van der Waals surface area (Å²) in [7, 11) is 0. The van der Waals surface area contributed by atoms with Crippen LogP contribution in [0.25, 0.3) is 16.9 Å². The van der Waals surface area contributed by atoms with Crippen LogP contribution in [0.3, 0.4) is 0 Å². The van der Waals surface area contributed by atoms with Crippen LogP contribution in [0.2, 0.25) is 0 Å². The molecule has 0 spiro atoms. The van der Waals surface area contributed by atoms with Crippen LogP contribution in [0.5, 0.6) is 0 Å². The molecule has 0 saturated carbocycles. The van der Waals surface area contributed by atoms with Gasteiger partial charge in [0.15, 0.2) is 0 Å². The maximum atomic E-state index is 12.4. The lowest BCUT2D eigenvalue weighted by molar-refractivity contribution is 0.463. The number of nitrogens with zero attached hydrogens (tertiary/aromatic N) is 4. The molecule has 0 aliphatic heterocycles. The van der Waals surface area contributed by atoms with Gasteiger partial charge in [-0.15, -0.1) is 0 Å². The zero-order valence-electron chi connectivity index (χ0n) is 14.5. The van der Waals surface area contributed by atoms with E-state index in [1.54, 1.807) is 6.20 Å². The summed E-state index contributed by atoms with van der Waals surface area (Å²) in [5, 5.41) is 0. The van der Waals surface area contributed by atoms with E-state index in [4.69, 9.17) is 0 Å². The molecule has 1 atom stereocenters. The first-order chi connectivity index (χ1) is 12.7. The Kier molecular flexibility index (Phi) is 3.16. The van der Waals surface area contributed by atoms with Gasteiger partial charge in [0.1, 0.15) is 0 Å². The third-order valence-corrected chi connectivity index (χ3v) is 5.53. The van der Waals surface area contributed by atoms with Crippen molar-refractivity contribution < 1.29 is 0 Å². The highest BCUT2D eigenvalue weighted by Crippen LogP contribution is 2.49. The average Bonchev–Trinajstić information content (AvgIpc) is 3.36. The lowest BCUT2D eigenvalue weighted by Crippen LogP contribution is -2.26. The highest BCUT2D eigenvalue weighted by Gasteiger charge is 2.41. The van der Waals surface area contributed by atoms with Crippen LogP contribution in [0.1, 0.15) is 31.0 Å². The number of benzene rings is 1. The van der Waals surface area contributed by atoms with E-state index in [9.17, 15) is 4.79 Å². The topological polar surface area (TPSA) is 68.0 Å². The first kappa shape index (κ1) is 15.1. The highest BCUT2D eigenvalue weighted by molar-refractivity contribution is 5.77. The molecule has 3 heterocycles. The molecular weight excluding hydrogens is 326 g/mol. The number of hydrogen-bond donors (Lipinski definition) is 1. The van der Waals surface area contributed by atoms with Gasteiger partial charge in [0.2, 0.25) is 5.65 Å². The predicted octanol–water partition coefficient (Wildman–Crippen LogP) is 2.99. The summed E-state index contributed by atoms with van der Waals surface area (Å²) in [6.07, 6.45) is 11.2. The monoisotopic (exact) mass is 345 g/mol. The third-order valence-electron chi connectivity index (χ3n) is 5.53. The minimum atomic E-state index is -0.185. The van der Waals surface area contributed by atoms with E-state index < -0.39 is 0 Å². The van der Waals surface area contributed by atoms with Crippen LogP contribution in [0.15, 0.2) is 60.2 Å². The van der Waals surface area contributed by atoms with Crippen molar-refractivity contribution in [1.82, 2.24) is 23.9 Å². The zero-order chi connectivity index (χ0) is 17.7. The Hall–Kier alpha value is -3.15. The maximum absolute atomic E-state index is 12.4. The quantitative estimate of drug-likeness (QED) is 0.618. The molecule has 6 heteroatoms. The van der Waals surface area contributed by atoms with E-state index in [1.165, 1.54) is 5.56 Å². The van der Waals surface area contributed by atoms with Crippen LogP contribution in [-0.2, 0) is 12.0 Å². The summed E-state index contributed by atoms with van der Waals surface area (Å²) < 4.78 is 4.07. The van der Waals surface area contributed by atoms with Gasteiger partial charge in [-0.1, -0.05) is 24.3 Å². The molecule has 26 heavy (non-hydrogen) atoms. The van der Waals surface area contributed by atoms with Gasteiger partial charge >= 0.3 is 0 Å². The summed E-state index contributed by atoms with van der Waals surface area (Å²) in [6, 6.07) is 8.36. The van der Waals surface area contributed by atoms with Crippen molar-refractivity contribution in [3.05, 3.63) is 77.0 Å². The minimum Gasteiger partial charge on any atom is -0.337 e. The molecule has 130 valence electrons. The molecule has 0 fully saturated rings. The van der Waals surface area contributed by atoms with Gasteiger partial charge in [-0.25, -0.2) is 9.97 Å². The number of aromatic amines is 1. The van der Waals surface area contributed by atoms with Crippen molar-refractivity contribution >= 4 is 5.65 Å². The largest absolute Gasteiger partial charge is 0.337 e. The van der Waals surface area contributed by atoms with Crippen LogP contribution in [0.4, 0.5) is 0 Å². The van der Waals surface area contributed by atoms with Gasteiger partial charge in [-0.05, 0) is 25.3 Å². The van der Waals surface area contributed by atoms with Gasteiger partial charge in [0.05, 0.1) is 17.7 Å². The highest BCUT2D eigenvalue weighted by atomic mass is 16.1. The van der Waals surface area contributed by atoms with Crippen LogP contribution >= 0.6 is 0 Å². The number of aromatic nitrogens is 5. The molecule has 6 nitrogen and oxygen atoms in total. The van der Waals surface area contributed by atoms with Gasteiger partial charge in [0, 0.05) is 42.3 Å². The minimum absolute atomic E-state index is 0.147. The van der Waals surface area contributed by atoms with Crippen LogP contribution < -0.4 is 5.56 Å². The summed E-state index contributed by atoms with van der Waals surface area (Å²) in [4.78, 5) is 23.9. The number of H-pyrrole nitrogens is 1. The van der Waals surface area contributed by atoms with Crippen molar-refractivity contribution in [1.29, 1.82) is 0 Å². The summed E-state index contributed by atoms with van der Waals surface area (Å²) in [5.41, 5.74) is 4.54. The van der Waals surface area contributed by atoms with Crippen molar-refractivity contribution in [3.63, 3.8) is 0 Å². The Morgan fingerprint density at radius 1 is 1.19 bits per heavy atom. The van der Waals surface area contributed by atoms with Crippen molar-refractivity contribution in [2.45, 2.75) is 31.7 Å². The van der Waals surface area contributed by atoms with Crippen LogP contribution in [-0.4, -0.2) is 23.9 Å². The summed E-state index contributed by atoms with van der Waals surface area (Å²) in [6.45, 7) is 3.19. The molecule has 4 aromatic rings. The van der Waals surface area contributed by atoms with E-state index in [0.717, 1.165) is 36.3 Å². The Balaban J connectivity index is 1.65. The molecule has 3 aromatic heterocycles. The summed E-state index contributed by atoms with van der Waals surface area (Å²) in [5.74, 6) is 0. The second-order valence-electron chi connectivity index (χ2n) is 7.08. The second-order valence-corrected chi connectivity index (χ2v) is 7.08. The number of nitrogens with one attached hydrogen (secondary N) is 1. The maximum Gasteiger partial charge on any atom is 0.292 e. The van der Waals surface area contributed by atoms with Gasteiger partial charge in [0.25, 0.3) is 5.56 Å². The smallest absolute Gasteiger partial charge is 0.292 e. The van der Waals surface area contributed by atoms with Crippen molar-refractivity contribution in [3.8, 4) is 11.3 Å². The van der Waals surface area contributed by atoms with E-state index in [1.807, 2.05) is 35.4 Å². The van der Waals surface area contributed by atoms with E-state index >= 15 is 0 Å². The molecule has 0 saturated heterocycles. The zero-order valence-corrected chi connectivity index (χ0v) is 14.5. The van der Waals surface area contributed by atoms with Crippen LogP contribution in [0, 0.1) is 0 Å². The number of fused-ring (bicyclic) bond motifs is 5. The Morgan fingerprint density at radius 2 is 2.08 bits per heavy atom. The normalized spacial score (nSPS) is 18.2. The van der Waals surface area contributed by atoms with E-state index in [-0.39, 0.29) is 11.0 Å². The number of hydrogen-bond acceptors (Lipinski definition) is 3. The first-order valence-corrected chi connectivity index (χ1v) is 8.84. The van der Waals surface area contributed by atoms with E-state index in [0.29, 0.717) is 5.65 Å². The number of aryl methyl sites for hydroxylation is 1. The first-order valence-electron chi connectivity index (χ1n) is 8.84. The van der Waals surface area contributed by atoms with Gasteiger partial charge in [-0.3, -0.25) is 9.20 Å². The average molecular weight is 345 g/mol. The number of imidazole rings is 2. The fourth-order valence-electron chi connectivity index (χ4n) is 4.33. The fraction of sp³-hybridized carbons (Fsp3) is 0.250. The molecular formula is C20H19N5O. The SMILES string of the molecule is CC1(CCCn2ccnc2)c2ccccc2-c2[nH]c(=O)c3nccn3c21. The van der Waals surface area contributed by atoms with E-state index in [2.05, 4.69) is 44.6 Å².